The van der Waals surface area contributed by atoms with Gasteiger partial charge in [0.25, 0.3) is 0 Å². The lowest BCUT2D eigenvalue weighted by Gasteiger charge is -2.21. The Morgan fingerprint density at radius 2 is 0.962 bits per heavy atom. The minimum atomic E-state index is -1.07. The summed E-state index contributed by atoms with van der Waals surface area (Å²) in [5.41, 5.74) is 0. The monoisotopic (exact) mass is 338 g/mol. The molecule has 0 bridgehead atoms. The topological polar surface area (TPSA) is 0 Å². The van der Waals surface area contributed by atoms with Crippen LogP contribution in [0.15, 0.2) is 72.9 Å². The molecule has 0 aliphatic rings. The van der Waals surface area contributed by atoms with Gasteiger partial charge in [0.15, 0.2) is 0 Å². The van der Waals surface area contributed by atoms with Gasteiger partial charge in [-0.25, -0.2) is 0 Å². The van der Waals surface area contributed by atoms with Crippen molar-refractivity contribution in [2.45, 2.75) is 62.8 Å². The van der Waals surface area contributed by atoms with Crippen LogP contribution in [-0.4, -0.2) is 31.4 Å². The molecule has 0 amide bonds. The van der Waals surface area contributed by atoms with Crippen LogP contribution in [0.25, 0.3) is 0 Å². The molecule has 130 valence electrons. The first-order chi connectivity index (χ1) is 12.3. The van der Waals surface area contributed by atoms with Gasteiger partial charge in [0.05, 0.1) is 31.4 Å². The van der Waals surface area contributed by atoms with Crippen LogP contribution in [0.5, 0.6) is 0 Å². The van der Waals surface area contributed by atoms with Gasteiger partial charge in [0.2, 0.25) is 0 Å². The maximum absolute atomic E-state index is 6.03. The van der Waals surface area contributed by atoms with Crippen LogP contribution in [0.2, 0.25) is 10.4 Å². The summed E-state index contributed by atoms with van der Waals surface area (Å²) in [7, 11) is 24.0. The standard InChI is InChI=1S/C22H30B4/c1-3-5-7-8-9-10-11-12-13-14-16-18-22(25,26)20-19-21(23,24)17-15-6-4-2/h5,7,9-10,12-13,15-20H,3-4,6,8,11,14H2,1-2H3/b7-5-,10-9-,13-12-,17-15-,18-16-,20-19-. The maximum atomic E-state index is 6.03. The minimum Gasteiger partial charge on any atom is -0.0964 e. The van der Waals surface area contributed by atoms with E-state index in [0.717, 1.165) is 38.5 Å². The fourth-order valence-electron chi connectivity index (χ4n) is 2.01. The average Bonchev–Trinajstić information content (AvgIpc) is 2.58. The Labute approximate surface area is 167 Å². The van der Waals surface area contributed by atoms with Gasteiger partial charge in [0.1, 0.15) is 0 Å². The summed E-state index contributed by atoms with van der Waals surface area (Å²) in [6.45, 7) is 4.23. The van der Waals surface area contributed by atoms with Crippen molar-refractivity contribution >= 4 is 31.4 Å². The van der Waals surface area contributed by atoms with E-state index < -0.39 is 10.4 Å². The zero-order valence-electron chi connectivity index (χ0n) is 16.5. The van der Waals surface area contributed by atoms with Crippen molar-refractivity contribution in [2.75, 3.05) is 0 Å². The van der Waals surface area contributed by atoms with Crippen LogP contribution in [-0.2, 0) is 0 Å². The largest absolute Gasteiger partial charge is 0.0964 e. The highest BCUT2D eigenvalue weighted by atomic mass is 14.0. The van der Waals surface area contributed by atoms with E-state index in [2.05, 4.69) is 50.3 Å². The van der Waals surface area contributed by atoms with Crippen molar-refractivity contribution in [1.82, 2.24) is 0 Å². The second-order valence-corrected chi connectivity index (χ2v) is 6.46. The molecule has 0 fully saturated rings. The summed E-state index contributed by atoms with van der Waals surface area (Å²) in [5.74, 6) is 0. The molecule has 26 heavy (non-hydrogen) atoms. The number of unbranched alkanes of at least 4 members (excludes halogenated alkanes) is 1. The van der Waals surface area contributed by atoms with Crippen molar-refractivity contribution in [2.24, 2.45) is 0 Å². The lowest BCUT2D eigenvalue weighted by molar-refractivity contribution is 0.951. The molecule has 8 radical (unpaired) electrons. The molecule has 0 spiro atoms. The first-order valence-electron chi connectivity index (χ1n) is 9.49. The molecule has 4 heteroatoms. The molecule has 0 saturated heterocycles. The van der Waals surface area contributed by atoms with Crippen LogP contribution in [0.1, 0.15) is 52.4 Å². The number of rotatable bonds is 13. The van der Waals surface area contributed by atoms with Crippen LogP contribution >= 0.6 is 0 Å². The molecular formula is C22H30B4. The fraction of sp³-hybridized carbons (Fsp3) is 0.455. The zero-order chi connectivity index (χ0) is 19.7. The SMILES string of the molecule is [B]C([B])(/C=C\C/C=C\C/C=C\C/C=C\CC)/C=C\C([B])([B])/C=C\CCC. The van der Waals surface area contributed by atoms with E-state index >= 15 is 0 Å². The van der Waals surface area contributed by atoms with Gasteiger partial charge in [-0.3, -0.25) is 0 Å². The zero-order valence-corrected chi connectivity index (χ0v) is 16.5. The van der Waals surface area contributed by atoms with E-state index in [1.807, 2.05) is 12.2 Å². The summed E-state index contributed by atoms with van der Waals surface area (Å²) in [6.07, 6.45) is 29.4. The molecule has 0 aromatic carbocycles. The first-order valence-corrected chi connectivity index (χ1v) is 9.49. The molecule has 0 aromatic rings. The van der Waals surface area contributed by atoms with Crippen molar-refractivity contribution in [3.63, 3.8) is 0 Å². The fourth-order valence-corrected chi connectivity index (χ4v) is 2.01. The van der Waals surface area contributed by atoms with E-state index in [1.54, 1.807) is 24.3 Å². The van der Waals surface area contributed by atoms with Gasteiger partial charge < -0.3 is 0 Å². The van der Waals surface area contributed by atoms with Crippen LogP contribution in [0, 0.1) is 0 Å². The predicted octanol–water partition coefficient (Wildman–Crippen LogP) is 5.61. The summed E-state index contributed by atoms with van der Waals surface area (Å²) in [5, 5.41) is -2.10. The Bertz CT molecular complexity index is 520. The van der Waals surface area contributed by atoms with Crippen LogP contribution in [0.3, 0.4) is 0 Å². The Morgan fingerprint density at radius 1 is 0.538 bits per heavy atom. The first kappa shape index (κ1) is 24.7. The van der Waals surface area contributed by atoms with E-state index in [4.69, 9.17) is 31.4 Å². The number of allylic oxidation sites excluding steroid dienone is 12. The molecule has 0 rings (SSSR count). The van der Waals surface area contributed by atoms with Gasteiger partial charge in [0, 0.05) is 0 Å². The van der Waals surface area contributed by atoms with Crippen molar-refractivity contribution in [3.8, 4) is 0 Å². The smallest absolute Gasteiger partial charge is 0.0728 e. The minimum absolute atomic E-state index is 0.778. The highest BCUT2D eigenvalue weighted by Gasteiger charge is 2.12. The third-order valence-corrected chi connectivity index (χ3v) is 3.48. The normalized spacial score (nSPS) is 14.4. The molecule has 0 atom stereocenters. The summed E-state index contributed by atoms with van der Waals surface area (Å²) in [4.78, 5) is 0. The van der Waals surface area contributed by atoms with Gasteiger partial charge in [-0.15, -0.1) is 0 Å². The van der Waals surface area contributed by atoms with Gasteiger partial charge in [-0.1, -0.05) is 104 Å². The van der Waals surface area contributed by atoms with Gasteiger partial charge in [-0.05, 0) is 32.1 Å². The molecule has 0 aliphatic carbocycles. The molecule has 0 unspecified atom stereocenters. The molecule has 0 N–H and O–H groups in total. The van der Waals surface area contributed by atoms with E-state index in [9.17, 15) is 0 Å². The third-order valence-electron chi connectivity index (χ3n) is 3.48. The average molecular weight is 338 g/mol. The van der Waals surface area contributed by atoms with Crippen molar-refractivity contribution < 1.29 is 0 Å². The van der Waals surface area contributed by atoms with E-state index in [0.29, 0.717) is 0 Å². The maximum Gasteiger partial charge on any atom is 0.0728 e. The Kier molecular flexibility index (Phi) is 14.1. The number of hydrogen-bond acceptors (Lipinski definition) is 0. The van der Waals surface area contributed by atoms with E-state index in [-0.39, 0.29) is 0 Å². The molecule has 0 aromatic heterocycles. The van der Waals surface area contributed by atoms with Gasteiger partial charge >= 0.3 is 0 Å². The van der Waals surface area contributed by atoms with Crippen molar-refractivity contribution in [1.29, 1.82) is 0 Å². The quantitative estimate of drug-likeness (QED) is 0.303. The summed E-state index contributed by atoms with van der Waals surface area (Å²) in [6, 6.07) is 0. The predicted molar refractivity (Wildman–Crippen MR) is 122 cm³/mol. The second kappa shape index (κ2) is 14.8. The Morgan fingerprint density at radius 3 is 1.42 bits per heavy atom. The third kappa shape index (κ3) is 16.2. The van der Waals surface area contributed by atoms with E-state index in [1.165, 1.54) is 0 Å². The van der Waals surface area contributed by atoms with Gasteiger partial charge in [-0.2, -0.15) is 0 Å². The summed E-state index contributed by atoms with van der Waals surface area (Å²) < 4.78 is 0. The van der Waals surface area contributed by atoms with Crippen LogP contribution in [0.4, 0.5) is 0 Å². The highest BCUT2D eigenvalue weighted by molar-refractivity contribution is 6.44. The highest BCUT2D eigenvalue weighted by Crippen LogP contribution is 2.27. The second-order valence-electron chi connectivity index (χ2n) is 6.46. The number of hydrogen-bond donors (Lipinski definition) is 0. The lowest BCUT2D eigenvalue weighted by atomic mass is 9.50. The molecule has 0 aliphatic heterocycles. The molecular weight excluding hydrogens is 307 g/mol. The molecule has 0 heterocycles. The Balaban J connectivity index is 4.26. The lowest BCUT2D eigenvalue weighted by Crippen LogP contribution is -2.10. The van der Waals surface area contributed by atoms with Crippen LogP contribution < -0.4 is 0 Å². The summed E-state index contributed by atoms with van der Waals surface area (Å²) >= 11 is 0. The van der Waals surface area contributed by atoms with Crippen molar-refractivity contribution in [3.05, 3.63) is 72.9 Å². The Hall–Kier alpha value is -1.30. The molecule has 0 nitrogen and oxygen atoms in total. The molecule has 0 saturated carbocycles.